The number of hydrogen-bond acceptors (Lipinski definition) is 8. The molecule has 1 atom stereocenters. The van der Waals surface area contributed by atoms with E-state index < -0.39 is 0 Å². The number of halogens is 1. The zero-order chi connectivity index (χ0) is 22.1. The van der Waals surface area contributed by atoms with Crippen LogP contribution in [0.25, 0.3) is 0 Å². The molecule has 2 fully saturated rings. The first-order valence-corrected chi connectivity index (χ1v) is 11.0. The van der Waals surface area contributed by atoms with Crippen LogP contribution in [0.1, 0.15) is 43.0 Å². The molecule has 0 bridgehead atoms. The summed E-state index contributed by atoms with van der Waals surface area (Å²) in [5, 5.41) is 10.6. The fraction of sp³-hybridized carbons (Fsp3) is 0.455. The van der Waals surface area contributed by atoms with Crippen LogP contribution in [0, 0.1) is 5.82 Å². The van der Waals surface area contributed by atoms with Crippen LogP contribution in [0.3, 0.4) is 0 Å². The van der Waals surface area contributed by atoms with Gasteiger partial charge in [0.1, 0.15) is 11.9 Å². The molecule has 2 aromatic heterocycles. The summed E-state index contributed by atoms with van der Waals surface area (Å²) < 4.78 is 19.3. The molecule has 10 heteroatoms. The molecule has 1 aliphatic carbocycles. The van der Waals surface area contributed by atoms with E-state index in [0.29, 0.717) is 23.6 Å². The lowest BCUT2D eigenvalue weighted by Gasteiger charge is -2.32. The second kappa shape index (κ2) is 8.70. The zero-order valence-electron chi connectivity index (χ0n) is 18.3. The predicted molar refractivity (Wildman–Crippen MR) is 119 cm³/mol. The Morgan fingerprint density at radius 2 is 1.84 bits per heavy atom. The minimum Gasteiger partial charge on any atom is -0.455 e. The molecule has 2 N–H and O–H groups in total. The van der Waals surface area contributed by atoms with Crippen LogP contribution >= 0.6 is 0 Å². The highest BCUT2D eigenvalue weighted by Crippen LogP contribution is 2.39. The molecular weight excluding hydrogens is 411 g/mol. The van der Waals surface area contributed by atoms with Gasteiger partial charge in [0.15, 0.2) is 5.82 Å². The number of aromatic nitrogens is 5. The van der Waals surface area contributed by atoms with Crippen molar-refractivity contribution in [2.24, 2.45) is 0 Å². The number of likely N-dealkylation sites (N-methyl/N-ethyl adjacent to an activating group) is 1. The molecule has 1 aliphatic heterocycles. The first kappa shape index (κ1) is 20.6. The average Bonchev–Trinajstić information content (AvgIpc) is 3.53. The third-order valence-electron chi connectivity index (χ3n) is 5.87. The number of anilines is 3. The Kier molecular flexibility index (Phi) is 5.60. The van der Waals surface area contributed by atoms with E-state index in [2.05, 4.69) is 47.3 Å². The van der Waals surface area contributed by atoms with Crippen LogP contribution in [0.4, 0.5) is 22.1 Å². The normalized spacial score (nSPS) is 17.9. The maximum Gasteiger partial charge on any atom is 0.323 e. The first-order valence-electron chi connectivity index (χ1n) is 11.0. The van der Waals surface area contributed by atoms with Crippen LogP contribution in [-0.4, -0.2) is 63.3 Å². The molecule has 32 heavy (non-hydrogen) atoms. The van der Waals surface area contributed by atoms with Gasteiger partial charge in [-0.3, -0.25) is 5.10 Å². The monoisotopic (exact) mass is 438 g/mol. The second-order valence-electron chi connectivity index (χ2n) is 8.45. The van der Waals surface area contributed by atoms with Crippen LogP contribution in [0.15, 0.2) is 30.3 Å². The summed E-state index contributed by atoms with van der Waals surface area (Å²) in [6.07, 6.45) is 2.04. The van der Waals surface area contributed by atoms with Gasteiger partial charge in [-0.25, -0.2) is 4.39 Å². The third kappa shape index (κ3) is 4.80. The van der Waals surface area contributed by atoms with Crippen molar-refractivity contribution in [1.82, 2.24) is 30.0 Å². The van der Waals surface area contributed by atoms with Gasteiger partial charge in [-0.05, 0) is 44.5 Å². The minimum atomic E-state index is -0.349. The summed E-state index contributed by atoms with van der Waals surface area (Å²) in [5.74, 6) is 1.90. The van der Waals surface area contributed by atoms with Crippen LogP contribution in [-0.2, 0) is 0 Å². The molecule has 5 rings (SSSR count). The van der Waals surface area contributed by atoms with Crippen molar-refractivity contribution in [1.29, 1.82) is 0 Å². The van der Waals surface area contributed by atoms with Gasteiger partial charge in [0.05, 0.1) is 0 Å². The van der Waals surface area contributed by atoms with E-state index >= 15 is 0 Å². The second-order valence-corrected chi connectivity index (χ2v) is 8.45. The largest absolute Gasteiger partial charge is 0.455 e. The van der Waals surface area contributed by atoms with Gasteiger partial charge < -0.3 is 19.9 Å². The van der Waals surface area contributed by atoms with Gasteiger partial charge in [0.2, 0.25) is 11.9 Å². The lowest BCUT2D eigenvalue weighted by molar-refractivity contribution is 0.207. The van der Waals surface area contributed by atoms with Crippen molar-refractivity contribution in [2.45, 2.75) is 31.8 Å². The number of hydrogen-bond donors (Lipinski definition) is 2. The highest BCUT2D eigenvalue weighted by atomic mass is 19.1. The summed E-state index contributed by atoms with van der Waals surface area (Å²) in [5.41, 5.74) is 1.96. The predicted octanol–water partition coefficient (Wildman–Crippen LogP) is 3.25. The van der Waals surface area contributed by atoms with Crippen LogP contribution < -0.4 is 15.0 Å². The van der Waals surface area contributed by atoms with E-state index in [0.717, 1.165) is 37.4 Å². The van der Waals surface area contributed by atoms with Crippen molar-refractivity contribution in [2.75, 3.05) is 43.4 Å². The lowest BCUT2D eigenvalue weighted by Crippen LogP contribution is -2.45. The molecule has 0 radical (unpaired) electrons. The number of benzene rings is 1. The van der Waals surface area contributed by atoms with Crippen molar-refractivity contribution < 1.29 is 9.13 Å². The maximum absolute atomic E-state index is 13.3. The van der Waals surface area contributed by atoms with E-state index in [1.807, 2.05) is 13.0 Å². The molecule has 9 nitrogen and oxygen atoms in total. The number of aromatic amines is 1. The Labute approximate surface area is 186 Å². The summed E-state index contributed by atoms with van der Waals surface area (Å²) in [7, 11) is 2.10. The lowest BCUT2D eigenvalue weighted by atomic mass is 10.1. The fourth-order valence-corrected chi connectivity index (χ4v) is 3.68. The molecule has 1 aromatic carbocycles. The van der Waals surface area contributed by atoms with Crippen molar-refractivity contribution >= 4 is 17.7 Å². The van der Waals surface area contributed by atoms with E-state index in [1.165, 1.54) is 25.0 Å². The fourth-order valence-electron chi connectivity index (χ4n) is 3.68. The number of rotatable bonds is 7. The van der Waals surface area contributed by atoms with E-state index in [4.69, 9.17) is 4.74 Å². The van der Waals surface area contributed by atoms with Gasteiger partial charge >= 0.3 is 6.01 Å². The summed E-state index contributed by atoms with van der Waals surface area (Å²) in [4.78, 5) is 18.1. The molecule has 0 spiro atoms. The number of nitrogens with zero attached hydrogens (tertiary/aromatic N) is 6. The molecular formula is C22H27FN8O. The summed E-state index contributed by atoms with van der Waals surface area (Å²) in [6, 6.07) is 8.45. The smallest absolute Gasteiger partial charge is 0.323 e. The molecule has 2 aliphatic rings. The van der Waals surface area contributed by atoms with Crippen molar-refractivity contribution in [3.63, 3.8) is 0 Å². The van der Waals surface area contributed by atoms with E-state index in [1.54, 1.807) is 12.1 Å². The van der Waals surface area contributed by atoms with Gasteiger partial charge in [-0.1, -0.05) is 12.1 Å². The molecule has 1 saturated heterocycles. The quantitative estimate of drug-likeness (QED) is 0.581. The topological polar surface area (TPSA) is 95.1 Å². The van der Waals surface area contributed by atoms with E-state index in [9.17, 15) is 4.39 Å². The third-order valence-corrected chi connectivity index (χ3v) is 5.87. The van der Waals surface area contributed by atoms with E-state index in [-0.39, 0.29) is 17.9 Å². The van der Waals surface area contributed by atoms with Gasteiger partial charge in [0.25, 0.3) is 0 Å². The van der Waals surface area contributed by atoms with Gasteiger partial charge in [-0.15, -0.1) is 0 Å². The summed E-state index contributed by atoms with van der Waals surface area (Å²) >= 11 is 0. The van der Waals surface area contributed by atoms with Crippen LogP contribution in [0.2, 0.25) is 0 Å². The first-order chi connectivity index (χ1) is 15.5. The Balaban J connectivity index is 1.39. The van der Waals surface area contributed by atoms with Crippen molar-refractivity contribution in [3.8, 4) is 6.01 Å². The van der Waals surface area contributed by atoms with Gasteiger partial charge in [-0.2, -0.15) is 20.1 Å². The maximum atomic E-state index is 13.3. The Hall–Kier alpha value is -3.27. The molecule has 1 unspecified atom stereocenters. The number of ether oxygens (including phenoxy) is 1. The standard InChI is InChI=1S/C22H27FN8O/c1-14(15-5-7-17(23)8-6-15)32-22-26-20(24-19-13-18(28-29-19)16-3-4-16)25-21(27-22)31-11-9-30(2)10-12-31/h5-8,13-14,16H,3-4,9-12H2,1-2H3,(H2,24,25,26,27,28,29). The molecule has 0 amide bonds. The van der Waals surface area contributed by atoms with Crippen LogP contribution in [0.5, 0.6) is 6.01 Å². The van der Waals surface area contributed by atoms with Gasteiger partial charge in [0, 0.05) is 43.9 Å². The molecule has 3 aromatic rings. The highest BCUT2D eigenvalue weighted by Gasteiger charge is 2.26. The number of nitrogens with one attached hydrogen (secondary N) is 2. The SMILES string of the molecule is CC(Oc1nc(Nc2cc(C3CC3)[nH]n2)nc(N2CCN(C)CC2)n1)c1ccc(F)cc1. The highest BCUT2D eigenvalue weighted by molar-refractivity contribution is 5.51. The molecule has 3 heterocycles. The minimum absolute atomic E-state index is 0.214. The molecule has 168 valence electrons. The Morgan fingerprint density at radius 1 is 1.09 bits per heavy atom. The Bertz CT molecular complexity index is 1060. The molecule has 1 saturated carbocycles. The Morgan fingerprint density at radius 3 is 2.56 bits per heavy atom. The number of piperazine rings is 1. The zero-order valence-corrected chi connectivity index (χ0v) is 18.3. The van der Waals surface area contributed by atoms with Crippen molar-refractivity contribution in [3.05, 3.63) is 47.4 Å². The number of H-pyrrole nitrogens is 1. The summed E-state index contributed by atoms with van der Waals surface area (Å²) in [6.45, 7) is 5.39. The average molecular weight is 439 g/mol.